The zero-order valence-electron chi connectivity index (χ0n) is 12.8. The van der Waals surface area contributed by atoms with E-state index in [1.165, 1.54) is 38.5 Å². The van der Waals surface area contributed by atoms with Crippen LogP contribution >= 0.6 is 0 Å². The summed E-state index contributed by atoms with van der Waals surface area (Å²) in [7, 11) is 0. The Hall–Kier alpha value is -0.120. The minimum Gasteiger partial charge on any atom is -0.389 e. The fourth-order valence-electron chi connectivity index (χ4n) is 3.72. The van der Waals surface area contributed by atoms with Crippen LogP contribution in [-0.2, 0) is 4.74 Å². The Kier molecular flexibility index (Phi) is 5.67. The maximum Gasteiger partial charge on any atom is 0.0900 e. The molecule has 0 unspecified atom stereocenters. The topological polar surface area (TPSA) is 32.7 Å². The maximum absolute atomic E-state index is 10.2. The number of piperidine rings is 1. The van der Waals surface area contributed by atoms with Gasteiger partial charge in [-0.1, -0.05) is 19.8 Å². The van der Waals surface area contributed by atoms with Crippen molar-refractivity contribution in [1.82, 2.24) is 4.90 Å². The van der Waals surface area contributed by atoms with Crippen molar-refractivity contribution < 1.29 is 9.84 Å². The second-order valence-electron chi connectivity index (χ2n) is 6.76. The van der Waals surface area contributed by atoms with Gasteiger partial charge in [-0.05, 0) is 45.4 Å². The first-order valence-corrected chi connectivity index (χ1v) is 8.13. The van der Waals surface area contributed by atoms with Crippen molar-refractivity contribution >= 4 is 0 Å². The minimum atomic E-state index is -0.337. The predicted octanol–water partition coefficient (Wildman–Crippen LogP) is 2.82. The summed E-state index contributed by atoms with van der Waals surface area (Å²) in [4.78, 5) is 2.45. The first-order chi connectivity index (χ1) is 9.08. The van der Waals surface area contributed by atoms with Gasteiger partial charge in [0.1, 0.15) is 0 Å². The second kappa shape index (κ2) is 7.05. The zero-order valence-corrected chi connectivity index (χ0v) is 12.8. The van der Waals surface area contributed by atoms with Crippen LogP contribution in [0.3, 0.4) is 0 Å². The van der Waals surface area contributed by atoms with Gasteiger partial charge in [0.2, 0.25) is 0 Å². The molecule has 0 aromatic rings. The van der Waals surface area contributed by atoms with Crippen LogP contribution in [0.2, 0.25) is 0 Å². The van der Waals surface area contributed by atoms with E-state index in [-0.39, 0.29) is 6.10 Å². The molecular formula is C16H31NO2. The van der Waals surface area contributed by atoms with Crippen LogP contribution < -0.4 is 0 Å². The van der Waals surface area contributed by atoms with Gasteiger partial charge in [0, 0.05) is 18.6 Å². The van der Waals surface area contributed by atoms with E-state index in [4.69, 9.17) is 4.74 Å². The van der Waals surface area contributed by atoms with E-state index in [0.29, 0.717) is 30.7 Å². The van der Waals surface area contributed by atoms with Crippen LogP contribution in [0.25, 0.3) is 0 Å². The number of hydrogen-bond donors (Lipinski definition) is 1. The second-order valence-corrected chi connectivity index (χ2v) is 6.76. The van der Waals surface area contributed by atoms with Crippen molar-refractivity contribution in [2.75, 3.05) is 13.2 Å². The van der Waals surface area contributed by atoms with Gasteiger partial charge in [-0.15, -0.1) is 0 Å². The lowest BCUT2D eigenvalue weighted by atomic mass is 9.97. The predicted molar refractivity (Wildman–Crippen MR) is 78.2 cm³/mol. The van der Waals surface area contributed by atoms with E-state index >= 15 is 0 Å². The molecule has 1 saturated heterocycles. The molecule has 3 nitrogen and oxygen atoms in total. The first-order valence-electron chi connectivity index (χ1n) is 8.13. The SMILES string of the molecule is C[C@@H]1CCC[C@@H]1OC[C@H](O)CN1[C@H](C)CCC[C@H]1C. The summed E-state index contributed by atoms with van der Waals surface area (Å²) in [5, 5.41) is 10.2. The molecule has 112 valence electrons. The van der Waals surface area contributed by atoms with Crippen LogP contribution in [-0.4, -0.2) is 47.4 Å². The lowest BCUT2D eigenvalue weighted by Crippen LogP contribution is -2.48. The Balaban J connectivity index is 1.72. The molecule has 1 saturated carbocycles. The molecule has 0 amide bonds. The highest BCUT2D eigenvalue weighted by atomic mass is 16.5. The molecule has 2 fully saturated rings. The number of β-amino-alcohol motifs (C(OH)–C–C–N with tert-alkyl or cyclic N) is 1. The Bertz CT molecular complexity index is 261. The Morgan fingerprint density at radius 3 is 2.26 bits per heavy atom. The summed E-state index contributed by atoms with van der Waals surface area (Å²) >= 11 is 0. The number of hydrogen-bond acceptors (Lipinski definition) is 3. The van der Waals surface area contributed by atoms with Crippen molar-refractivity contribution in [3.63, 3.8) is 0 Å². The quantitative estimate of drug-likeness (QED) is 0.833. The third kappa shape index (κ3) is 4.17. The van der Waals surface area contributed by atoms with Gasteiger partial charge in [-0.2, -0.15) is 0 Å². The van der Waals surface area contributed by atoms with Crippen molar-refractivity contribution in [2.45, 2.75) is 83.6 Å². The molecule has 1 aliphatic heterocycles. The van der Waals surface area contributed by atoms with E-state index in [1.807, 2.05) is 0 Å². The smallest absolute Gasteiger partial charge is 0.0900 e. The number of nitrogens with zero attached hydrogens (tertiary/aromatic N) is 1. The summed E-state index contributed by atoms with van der Waals surface area (Å²) in [5.41, 5.74) is 0. The number of rotatable bonds is 5. The van der Waals surface area contributed by atoms with Gasteiger partial charge < -0.3 is 9.84 Å². The number of aliphatic hydroxyl groups is 1. The van der Waals surface area contributed by atoms with E-state index in [1.54, 1.807) is 0 Å². The highest BCUT2D eigenvalue weighted by Gasteiger charge is 2.28. The molecule has 2 rings (SSSR count). The minimum absolute atomic E-state index is 0.337. The van der Waals surface area contributed by atoms with Gasteiger partial charge in [-0.3, -0.25) is 4.90 Å². The molecule has 1 heterocycles. The number of likely N-dealkylation sites (tertiary alicyclic amines) is 1. The van der Waals surface area contributed by atoms with E-state index in [9.17, 15) is 5.11 Å². The Labute approximate surface area is 118 Å². The van der Waals surface area contributed by atoms with E-state index < -0.39 is 0 Å². The normalized spacial score (nSPS) is 38.5. The molecule has 19 heavy (non-hydrogen) atoms. The first kappa shape index (κ1) is 15.3. The molecule has 0 spiro atoms. The number of ether oxygens (including phenoxy) is 1. The maximum atomic E-state index is 10.2. The van der Waals surface area contributed by atoms with Crippen LogP contribution in [0.15, 0.2) is 0 Å². The summed E-state index contributed by atoms with van der Waals surface area (Å²) in [6, 6.07) is 1.20. The van der Waals surface area contributed by atoms with Crippen LogP contribution in [0, 0.1) is 5.92 Å². The van der Waals surface area contributed by atoms with Gasteiger partial charge >= 0.3 is 0 Å². The summed E-state index contributed by atoms with van der Waals surface area (Å²) < 4.78 is 5.91. The molecule has 1 aliphatic carbocycles. The van der Waals surface area contributed by atoms with Gasteiger partial charge in [0.05, 0.1) is 18.8 Å². The molecule has 1 N–H and O–H groups in total. The third-order valence-electron chi connectivity index (χ3n) is 5.08. The van der Waals surface area contributed by atoms with Crippen LogP contribution in [0.5, 0.6) is 0 Å². The van der Waals surface area contributed by atoms with Crippen molar-refractivity contribution in [1.29, 1.82) is 0 Å². The van der Waals surface area contributed by atoms with Crippen molar-refractivity contribution in [3.05, 3.63) is 0 Å². The van der Waals surface area contributed by atoms with Gasteiger partial charge in [0.15, 0.2) is 0 Å². The van der Waals surface area contributed by atoms with Crippen LogP contribution in [0.1, 0.15) is 59.3 Å². The highest BCUT2D eigenvalue weighted by molar-refractivity contribution is 4.82. The van der Waals surface area contributed by atoms with Crippen LogP contribution in [0.4, 0.5) is 0 Å². The summed E-state index contributed by atoms with van der Waals surface area (Å²) in [5.74, 6) is 0.667. The lowest BCUT2D eigenvalue weighted by molar-refractivity contribution is -0.0439. The molecule has 5 atom stereocenters. The fraction of sp³-hybridized carbons (Fsp3) is 1.00. The van der Waals surface area contributed by atoms with Crippen molar-refractivity contribution in [3.8, 4) is 0 Å². The summed E-state index contributed by atoms with van der Waals surface area (Å²) in [6.45, 7) is 8.10. The van der Waals surface area contributed by atoms with Crippen molar-refractivity contribution in [2.24, 2.45) is 5.92 Å². The monoisotopic (exact) mass is 269 g/mol. The molecular weight excluding hydrogens is 238 g/mol. The average molecular weight is 269 g/mol. The van der Waals surface area contributed by atoms with E-state index in [0.717, 1.165) is 6.54 Å². The highest BCUT2D eigenvalue weighted by Crippen LogP contribution is 2.28. The molecule has 0 aromatic heterocycles. The standard InChI is InChI=1S/C16H31NO2/c1-12-6-4-9-16(12)19-11-15(18)10-17-13(2)7-5-8-14(17)3/h12-16,18H,4-11H2,1-3H3/t12-,13-,14-,15-,16+/m1/s1. The lowest BCUT2D eigenvalue weighted by Gasteiger charge is -2.40. The largest absolute Gasteiger partial charge is 0.389 e. The Morgan fingerprint density at radius 1 is 1.05 bits per heavy atom. The molecule has 0 radical (unpaired) electrons. The zero-order chi connectivity index (χ0) is 13.8. The van der Waals surface area contributed by atoms with Gasteiger partial charge in [0.25, 0.3) is 0 Å². The fourth-order valence-corrected chi connectivity index (χ4v) is 3.72. The molecule has 0 bridgehead atoms. The Morgan fingerprint density at radius 2 is 1.68 bits per heavy atom. The third-order valence-corrected chi connectivity index (χ3v) is 5.08. The molecule has 0 aromatic carbocycles. The molecule has 3 heteroatoms. The van der Waals surface area contributed by atoms with E-state index in [2.05, 4.69) is 25.7 Å². The average Bonchev–Trinajstić information content (AvgIpc) is 2.77. The molecule has 2 aliphatic rings. The number of aliphatic hydroxyl groups excluding tert-OH is 1. The summed E-state index contributed by atoms with van der Waals surface area (Å²) in [6.07, 6.45) is 7.62. The van der Waals surface area contributed by atoms with Gasteiger partial charge in [-0.25, -0.2) is 0 Å².